The first-order valence-electron chi connectivity index (χ1n) is 6.60. The summed E-state index contributed by atoms with van der Waals surface area (Å²) in [5.74, 6) is 0.403. The van der Waals surface area contributed by atoms with Crippen LogP contribution in [-0.2, 0) is 22.9 Å². The smallest absolute Gasteiger partial charge is 0.240 e. The lowest BCUT2D eigenvalue weighted by atomic mass is 10.1. The van der Waals surface area contributed by atoms with Gasteiger partial charge in [0.2, 0.25) is 15.9 Å². The molecule has 2 N–H and O–H groups in total. The Morgan fingerprint density at radius 1 is 1.14 bits per heavy atom. The molecule has 0 unspecified atom stereocenters. The average Bonchev–Trinajstić information content (AvgIpc) is 2.98. The molecule has 2 aromatic rings. The Morgan fingerprint density at radius 2 is 1.90 bits per heavy atom. The predicted octanol–water partition coefficient (Wildman–Crippen LogP) is 0.353. The fourth-order valence-electron chi connectivity index (χ4n) is 1.79. The summed E-state index contributed by atoms with van der Waals surface area (Å²) in [5.41, 5.74) is 1.09. The minimum Gasteiger partial charge on any atom is -0.340 e. The fourth-order valence-corrected chi connectivity index (χ4v) is 2.82. The summed E-state index contributed by atoms with van der Waals surface area (Å²) in [6, 6.07) is 6.87. The maximum atomic E-state index is 12.1. The molecule has 1 aromatic heterocycles. The van der Waals surface area contributed by atoms with Gasteiger partial charge in [0.25, 0.3) is 0 Å². The molecule has 0 aliphatic carbocycles. The highest BCUT2D eigenvalue weighted by Crippen LogP contribution is 2.10. The lowest BCUT2D eigenvalue weighted by Gasteiger charge is -2.07. The van der Waals surface area contributed by atoms with Crippen molar-refractivity contribution in [2.24, 2.45) is 0 Å². The van der Waals surface area contributed by atoms with Crippen molar-refractivity contribution in [1.82, 2.24) is 20.2 Å². The maximum Gasteiger partial charge on any atom is 0.240 e. The van der Waals surface area contributed by atoms with E-state index in [0.29, 0.717) is 12.3 Å². The molecule has 1 heterocycles. The number of rotatable bonds is 8. The zero-order valence-electron chi connectivity index (χ0n) is 11.7. The second-order valence-corrected chi connectivity index (χ2v) is 6.25. The molecular weight excluding hydrogens is 292 g/mol. The first-order chi connectivity index (χ1) is 10.1. The van der Waals surface area contributed by atoms with Gasteiger partial charge in [0.05, 0.1) is 4.90 Å². The number of benzene rings is 1. The van der Waals surface area contributed by atoms with Gasteiger partial charge < -0.3 is 9.84 Å². The molecule has 114 valence electrons. The van der Waals surface area contributed by atoms with E-state index >= 15 is 0 Å². The van der Waals surface area contributed by atoms with E-state index in [-0.39, 0.29) is 11.4 Å². The Hall–Kier alpha value is -1.77. The third kappa shape index (κ3) is 4.62. The molecule has 7 nitrogen and oxygen atoms in total. The molecule has 0 saturated carbocycles. The van der Waals surface area contributed by atoms with E-state index in [1.807, 2.05) is 19.2 Å². The van der Waals surface area contributed by atoms with Crippen LogP contribution < -0.4 is 10.0 Å². The molecule has 0 atom stereocenters. The molecule has 0 amide bonds. The Morgan fingerprint density at radius 3 is 2.52 bits per heavy atom. The number of hydrogen-bond donors (Lipinski definition) is 2. The predicted molar refractivity (Wildman–Crippen MR) is 77.3 cm³/mol. The van der Waals surface area contributed by atoms with Crippen LogP contribution in [0.2, 0.25) is 0 Å². The van der Waals surface area contributed by atoms with Crippen molar-refractivity contribution < 1.29 is 12.9 Å². The van der Waals surface area contributed by atoms with Crippen LogP contribution in [0.3, 0.4) is 0 Å². The Kier molecular flexibility index (Phi) is 5.43. The summed E-state index contributed by atoms with van der Waals surface area (Å²) in [4.78, 5) is 4.08. The van der Waals surface area contributed by atoms with Crippen LogP contribution in [0.25, 0.3) is 0 Å². The topological polar surface area (TPSA) is 97.1 Å². The number of aromatic nitrogens is 2. The third-order valence-corrected chi connectivity index (χ3v) is 4.41. The first-order valence-corrected chi connectivity index (χ1v) is 8.09. The van der Waals surface area contributed by atoms with E-state index in [1.54, 1.807) is 12.1 Å². The quantitative estimate of drug-likeness (QED) is 0.730. The highest BCUT2D eigenvalue weighted by molar-refractivity contribution is 7.89. The molecule has 0 fully saturated rings. The van der Waals surface area contributed by atoms with E-state index in [9.17, 15) is 8.42 Å². The second-order valence-electron chi connectivity index (χ2n) is 4.48. The van der Waals surface area contributed by atoms with Gasteiger partial charge in [-0.25, -0.2) is 13.1 Å². The van der Waals surface area contributed by atoms with Crippen molar-refractivity contribution in [3.63, 3.8) is 0 Å². The summed E-state index contributed by atoms with van der Waals surface area (Å²) >= 11 is 0. The molecule has 0 spiro atoms. The van der Waals surface area contributed by atoms with Gasteiger partial charge in [-0.05, 0) is 37.7 Å². The number of sulfonamides is 1. The summed E-state index contributed by atoms with van der Waals surface area (Å²) in [7, 11) is -1.63. The van der Waals surface area contributed by atoms with Crippen molar-refractivity contribution in [3.8, 4) is 0 Å². The Balaban J connectivity index is 1.92. The van der Waals surface area contributed by atoms with E-state index in [0.717, 1.165) is 18.5 Å². The number of hydrogen-bond acceptors (Lipinski definition) is 6. The van der Waals surface area contributed by atoms with Crippen LogP contribution >= 0.6 is 0 Å². The SMILES string of the molecule is CNCCc1ccc(S(=O)(=O)NCCc2ncno2)cc1. The highest BCUT2D eigenvalue weighted by Gasteiger charge is 2.13. The lowest BCUT2D eigenvalue weighted by Crippen LogP contribution is -2.26. The van der Waals surface area contributed by atoms with Crippen molar-refractivity contribution in [1.29, 1.82) is 0 Å². The van der Waals surface area contributed by atoms with Crippen molar-refractivity contribution in [2.45, 2.75) is 17.7 Å². The van der Waals surface area contributed by atoms with Crippen LogP contribution in [0.15, 0.2) is 40.0 Å². The van der Waals surface area contributed by atoms with E-state index in [2.05, 4.69) is 20.2 Å². The number of likely N-dealkylation sites (N-methyl/N-ethyl adjacent to an activating group) is 1. The fraction of sp³-hybridized carbons (Fsp3) is 0.385. The molecule has 0 radical (unpaired) electrons. The molecule has 8 heteroatoms. The summed E-state index contributed by atoms with van der Waals surface area (Å²) in [6.45, 7) is 1.07. The molecular formula is C13H18N4O3S. The monoisotopic (exact) mass is 310 g/mol. The van der Waals surface area contributed by atoms with Crippen LogP contribution in [0.4, 0.5) is 0 Å². The Bertz CT molecular complexity index is 639. The van der Waals surface area contributed by atoms with E-state index < -0.39 is 10.0 Å². The van der Waals surface area contributed by atoms with Crippen molar-refractivity contribution >= 4 is 10.0 Å². The van der Waals surface area contributed by atoms with Gasteiger partial charge in [-0.15, -0.1) is 0 Å². The molecule has 0 saturated heterocycles. The largest absolute Gasteiger partial charge is 0.340 e. The Labute approximate surface area is 123 Å². The zero-order chi connectivity index (χ0) is 15.1. The molecule has 21 heavy (non-hydrogen) atoms. The van der Waals surface area contributed by atoms with Gasteiger partial charge in [-0.3, -0.25) is 0 Å². The molecule has 0 bridgehead atoms. The van der Waals surface area contributed by atoms with Crippen molar-refractivity contribution in [3.05, 3.63) is 42.0 Å². The zero-order valence-corrected chi connectivity index (χ0v) is 12.6. The van der Waals surface area contributed by atoms with Crippen LogP contribution in [-0.4, -0.2) is 38.7 Å². The van der Waals surface area contributed by atoms with Crippen LogP contribution in [0.5, 0.6) is 0 Å². The van der Waals surface area contributed by atoms with Gasteiger partial charge in [0.15, 0.2) is 6.33 Å². The average molecular weight is 310 g/mol. The van der Waals surface area contributed by atoms with Gasteiger partial charge in [-0.1, -0.05) is 17.3 Å². The minimum absolute atomic E-state index is 0.214. The highest BCUT2D eigenvalue weighted by atomic mass is 32.2. The summed E-state index contributed by atoms with van der Waals surface area (Å²) in [5, 5.41) is 6.51. The third-order valence-electron chi connectivity index (χ3n) is 2.94. The van der Waals surface area contributed by atoms with E-state index in [1.165, 1.54) is 6.33 Å². The minimum atomic E-state index is -3.51. The first kappa shape index (κ1) is 15.6. The van der Waals surface area contributed by atoms with Crippen molar-refractivity contribution in [2.75, 3.05) is 20.1 Å². The van der Waals surface area contributed by atoms with E-state index in [4.69, 9.17) is 4.52 Å². The maximum absolute atomic E-state index is 12.1. The van der Waals surface area contributed by atoms with Crippen LogP contribution in [0, 0.1) is 0 Å². The van der Waals surface area contributed by atoms with Gasteiger partial charge in [-0.2, -0.15) is 4.98 Å². The summed E-state index contributed by atoms with van der Waals surface area (Å²) < 4.78 is 31.5. The molecule has 2 rings (SSSR count). The standard InChI is InChI=1S/C13H18N4O3S/c1-14-8-6-11-2-4-12(5-3-11)21(18,19)17-9-7-13-15-10-16-20-13/h2-5,10,14,17H,6-9H2,1H3. The van der Waals surface area contributed by atoms with Gasteiger partial charge in [0.1, 0.15) is 0 Å². The van der Waals surface area contributed by atoms with Gasteiger partial charge >= 0.3 is 0 Å². The molecule has 0 aliphatic heterocycles. The molecule has 0 aliphatic rings. The second kappa shape index (κ2) is 7.30. The summed E-state index contributed by atoms with van der Waals surface area (Å²) in [6.07, 6.45) is 2.51. The lowest BCUT2D eigenvalue weighted by molar-refractivity contribution is 0.377. The van der Waals surface area contributed by atoms with Gasteiger partial charge in [0, 0.05) is 13.0 Å². The number of nitrogens with one attached hydrogen (secondary N) is 2. The molecule has 1 aromatic carbocycles. The number of nitrogens with zero attached hydrogens (tertiary/aromatic N) is 2. The van der Waals surface area contributed by atoms with Crippen LogP contribution in [0.1, 0.15) is 11.5 Å². The normalized spacial score (nSPS) is 11.7.